The molecule has 0 radical (unpaired) electrons. The van der Waals surface area contributed by atoms with E-state index in [1.165, 1.54) is 18.2 Å². The predicted molar refractivity (Wildman–Crippen MR) is 76.1 cm³/mol. The molecule has 0 saturated heterocycles. The second-order valence-corrected chi connectivity index (χ2v) is 4.98. The number of benzene rings is 1. The fourth-order valence-electron chi connectivity index (χ4n) is 2.46. The van der Waals surface area contributed by atoms with Gasteiger partial charge in [0.25, 0.3) is 0 Å². The number of hydrogen-bond acceptors (Lipinski definition) is 3. The highest BCUT2D eigenvalue weighted by Crippen LogP contribution is 2.26. The van der Waals surface area contributed by atoms with Crippen molar-refractivity contribution in [3.8, 4) is 0 Å². The lowest BCUT2D eigenvalue weighted by Crippen LogP contribution is -2.33. The standard InChI is InChI=1S/C15H20N2O2/c1-9-5-6-11-12(8-13(16)15(18)19-4)10(2)17(3)14(11)7-9/h5-7,13H,8,16H2,1-4H3. The molecule has 1 heterocycles. The van der Waals surface area contributed by atoms with E-state index in [2.05, 4.69) is 36.6 Å². The smallest absolute Gasteiger partial charge is 0.322 e. The first-order chi connectivity index (χ1) is 8.95. The number of fused-ring (bicyclic) bond motifs is 1. The first-order valence-electron chi connectivity index (χ1n) is 6.33. The Hall–Kier alpha value is -1.81. The van der Waals surface area contributed by atoms with Crippen molar-refractivity contribution in [1.29, 1.82) is 0 Å². The van der Waals surface area contributed by atoms with E-state index in [-0.39, 0.29) is 5.97 Å². The molecule has 0 aliphatic heterocycles. The predicted octanol–water partition coefficient (Wildman–Crippen LogP) is 1.84. The first kappa shape index (κ1) is 13.6. The van der Waals surface area contributed by atoms with Gasteiger partial charge in [0.2, 0.25) is 0 Å². The summed E-state index contributed by atoms with van der Waals surface area (Å²) in [6, 6.07) is 5.71. The van der Waals surface area contributed by atoms with Crippen molar-refractivity contribution in [2.24, 2.45) is 12.8 Å². The lowest BCUT2D eigenvalue weighted by atomic mass is 10.0. The quantitative estimate of drug-likeness (QED) is 0.857. The van der Waals surface area contributed by atoms with Crippen molar-refractivity contribution < 1.29 is 9.53 Å². The number of aromatic nitrogens is 1. The van der Waals surface area contributed by atoms with E-state index in [1.54, 1.807) is 0 Å². The second-order valence-electron chi connectivity index (χ2n) is 4.98. The summed E-state index contributed by atoms with van der Waals surface area (Å²) in [7, 11) is 3.39. The van der Waals surface area contributed by atoms with Crippen LogP contribution in [0, 0.1) is 13.8 Å². The van der Waals surface area contributed by atoms with Crippen molar-refractivity contribution >= 4 is 16.9 Å². The van der Waals surface area contributed by atoms with Gasteiger partial charge >= 0.3 is 5.97 Å². The van der Waals surface area contributed by atoms with Crippen LogP contribution >= 0.6 is 0 Å². The minimum Gasteiger partial charge on any atom is -0.468 e. The van der Waals surface area contributed by atoms with Crippen LogP contribution < -0.4 is 5.73 Å². The van der Waals surface area contributed by atoms with E-state index in [9.17, 15) is 4.79 Å². The van der Waals surface area contributed by atoms with Crippen LogP contribution in [-0.4, -0.2) is 23.7 Å². The summed E-state index contributed by atoms with van der Waals surface area (Å²) in [5.41, 5.74) is 10.5. The van der Waals surface area contributed by atoms with E-state index in [4.69, 9.17) is 10.5 Å². The van der Waals surface area contributed by atoms with E-state index < -0.39 is 6.04 Å². The second kappa shape index (κ2) is 5.05. The maximum absolute atomic E-state index is 11.5. The molecule has 2 rings (SSSR count). The van der Waals surface area contributed by atoms with Gasteiger partial charge in [-0.2, -0.15) is 0 Å². The highest BCUT2D eigenvalue weighted by Gasteiger charge is 2.19. The fraction of sp³-hybridized carbons (Fsp3) is 0.400. The number of rotatable bonds is 3. The Kier molecular flexibility index (Phi) is 3.62. The molecule has 19 heavy (non-hydrogen) atoms. The van der Waals surface area contributed by atoms with Gasteiger partial charge in [-0.1, -0.05) is 12.1 Å². The van der Waals surface area contributed by atoms with Gasteiger partial charge < -0.3 is 15.0 Å². The molecule has 0 aliphatic rings. The summed E-state index contributed by atoms with van der Waals surface area (Å²) in [5, 5.41) is 1.16. The zero-order valence-corrected chi connectivity index (χ0v) is 11.9. The molecule has 1 aromatic carbocycles. The summed E-state index contributed by atoms with van der Waals surface area (Å²) in [6.07, 6.45) is 0.499. The van der Waals surface area contributed by atoms with Gasteiger partial charge in [-0.15, -0.1) is 0 Å². The number of methoxy groups -OCH3 is 1. The molecule has 1 aromatic heterocycles. The lowest BCUT2D eigenvalue weighted by Gasteiger charge is -2.09. The molecule has 0 saturated carbocycles. The van der Waals surface area contributed by atoms with Crippen LogP contribution in [0.25, 0.3) is 10.9 Å². The van der Waals surface area contributed by atoms with Crippen LogP contribution in [0.5, 0.6) is 0 Å². The number of aryl methyl sites for hydroxylation is 2. The van der Waals surface area contributed by atoms with Crippen LogP contribution in [0.4, 0.5) is 0 Å². The number of hydrogen-bond donors (Lipinski definition) is 1. The third kappa shape index (κ3) is 2.36. The number of carbonyl (C=O) groups is 1. The maximum Gasteiger partial charge on any atom is 0.322 e. The molecule has 0 spiro atoms. The third-order valence-electron chi connectivity index (χ3n) is 3.71. The minimum atomic E-state index is -0.615. The van der Waals surface area contributed by atoms with E-state index >= 15 is 0 Å². The van der Waals surface area contributed by atoms with Gasteiger partial charge in [-0.3, -0.25) is 4.79 Å². The lowest BCUT2D eigenvalue weighted by molar-refractivity contribution is -0.142. The van der Waals surface area contributed by atoms with Crippen LogP contribution in [0.3, 0.4) is 0 Å². The Bertz CT molecular complexity index is 629. The summed E-state index contributed by atoms with van der Waals surface area (Å²) in [4.78, 5) is 11.5. The average Bonchev–Trinajstić information content (AvgIpc) is 2.62. The molecule has 1 atom stereocenters. The first-order valence-corrected chi connectivity index (χ1v) is 6.33. The van der Waals surface area contributed by atoms with Crippen molar-refractivity contribution in [3.63, 3.8) is 0 Å². The summed E-state index contributed by atoms with van der Waals surface area (Å²) < 4.78 is 6.83. The largest absolute Gasteiger partial charge is 0.468 e. The molecule has 102 valence electrons. The molecule has 0 amide bonds. The molecule has 0 aliphatic carbocycles. The van der Waals surface area contributed by atoms with Crippen molar-refractivity contribution in [2.75, 3.05) is 7.11 Å². The Morgan fingerprint density at radius 2 is 2.11 bits per heavy atom. The summed E-state index contributed by atoms with van der Waals surface area (Å²) in [5.74, 6) is -0.372. The van der Waals surface area contributed by atoms with Crippen molar-refractivity contribution in [2.45, 2.75) is 26.3 Å². The van der Waals surface area contributed by atoms with Crippen molar-refractivity contribution in [3.05, 3.63) is 35.0 Å². The zero-order chi connectivity index (χ0) is 14.2. The number of nitrogens with two attached hydrogens (primary N) is 1. The molecule has 4 nitrogen and oxygen atoms in total. The molecule has 2 N–H and O–H groups in total. The topological polar surface area (TPSA) is 57.2 Å². The van der Waals surface area contributed by atoms with Gasteiger partial charge in [-0.05, 0) is 31.0 Å². The monoisotopic (exact) mass is 260 g/mol. The molecule has 0 fully saturated rings. The number of carbonyl (C=O) groups excluding carboxylic acids is 1. The highest BCUT2D eigenvalue weighted by molar-refractivity contribution is 5.87. The van der Waals surface area contributed by atoms with Crippen LogP contribution in [0.15, 0.2) is 18.2 Å². The normalized spacial score (nSPS) is 12.7. The van der Waals surface area contributed by atoms with Crippen LogP contribution in [-0.2, 0) is 23.0 Å². The number of nitrogens with zero attached hydrogens (tertiary/aromatic N) is 1. The molecule has 1 unspecified atom stereocenters. The fourth-order valence-corrected chi connectivity index (χ4v) is 2.46. The van der Waals surface area contributed by atoms with Crippen LogP contribution in [0.2, 0.25) is 0 Å². The van der Waals surface area contributed by atoms with Gasteiger partial charge in [0.15, 0.2) is 0 Å². The molecular weight excluding hydrogens is 240 g/mol. The average molecular weight is 260 g/mol. The summed E-state index contributed by atoms with van der Waals surface area (Å²) >= 11 is 0. The van der Waals surface area contributed by atoms with E-state index in [0.717, 1.165) is 16.6 Å². The Balaban J connectivity index is 2.49. The van der Waals surface area contributed by atoms with Crippen LogP contribution in [0.1, 0.15) is 16.8 Å². The van der Waals surface area contributed by atoms with E-state index in [0.29, 0.717) is 6.42 Å². The van der Waals surface area contributed by atoms with E-state index in [1.807, 2.05) is 7.05 Å². The number of ether oxygens (including phenoxy) is 1. The van der Waals surface area contributed by atoms with Gasteiger partial charge in [0.05, 0.1) is 7.11 Å². The Labute approximate surface area is 113 Å². The van der Waals surface area contributed by atoms with Crippen molar-refractivity contribution in [1.82, 2.24) is 4.57 Å². The molecular formula is C15H20N2O2. The highest BCUT2D eigenvalue weighted by atomic mass is 16.5. The maximum atomic E-state index is 11.5. The third-order valence-corrected chi connectivity index (χ3v) is 3.71. The minimum absolute atomic E-state index is 0.372. The van der Waals surface area contributed by atoms with Gasteiger partial charge in [-0.25, -0.2) is 0 Å². The zero-order valence-electron chi connectivity index (χ0n) is 11.9. The Morgan fingerprint density at radius 3 is 2.74 bits per heavy atom. The molecule has 2 aromatic rings. The Morgan fingerprint density at radius 1 is 1.42 bits per heavy atom. The van der Waals surface area contributed by atoms with Gasteiger partial charge in [0.1, 0.15) is 6.04 Å². The number of esters is 1. The summed E-state index contributed by atoms with van der Waals surface area (Å²) in [6.45, 7) is 4.12. The van der Waals surface area contributed by atoms with Gasteiger partial charge in [0, 0.05) is 30.1 Å². The molecule has 0 bridgehead atoms. The molecule has 4 heteroatoms. The SMILES string of the molecule is COC(=O)C(N)Cc1c(C)n(C)c2cc(C)ccc12.